The number of nitrogens with zero attached hydrogens (tertiary/aromatic N) is 2. The molecule has 3 rings (SSSR count). The predicted octanol–water partition coefficient (Wildman–Crippen LogP) is 3.48. The summed E-state index contributed by atoms with van der Waals surface area (Å²) < 4.78 is 32.3. The quantitative estimate of drug-likeness (QED) is 0.671. The van der Waals surface area contributed by atoms with Gasteiger partial charge in [-0.2, -0.15) is 0 Å². The van der Waals surface area contributed by atoms with Crippen molar-refractivity contribution in [2.45, 2.75) is 11.8 Å². The predicted molar refractivity (Wildman–Crippen MR) is 112 cm³/mol. The first-order valence-electron chi connectivity index (χ1n) is 8.78. The molecule has 0 bridgehead atoms. The molecule has 0 unspecified atom stereocenters. The minimum atomic E-state index is -3.80. The summed E-state index contributed by atoms with van der Waals surface area (Å²) >= 11 is 0. The molecule has 3 aromatic rings. The monoisotopic (exact) mass is 411 g/mol. The van der Waals surface area contributed by atoms with Crippen LogP contribution in [0.1, 0.15) is 15.9 Å². The Labute approximate surface area is 170 Å². The van der Waals surface area contributed by atoms with E-state index in [2.05, 4.69) is 10.3 Å². The number of ether oxygens (including phenoxy) is 1. The second-order valence-electron chi connectivity index (χ2n) is 6.35. The fourth-order valence-electron chi connectivity index (χ4n) is 2.77. The Bertz CT molecular complexity index is 1110. The zero-order valence-electron chi connectivity index (χ0n) is 16.3. The van der Waals surface area contributed by atoms with E-state index < -0.39 is 10.0 Å². The van der Waals surface area contributed by atoms with Gasteiger partial charge < -0.3 is 10.1 Å². The number of carbonyl (C=O) groups is 1. The SMILES string of the molecule is COc1ccc(S(=O)(=O)N(C)c2cc(C(=O)Nc3cccnc3)ccc2C)cc1. The van der Waals surface area contributed by atoms with Crippen LogP contribution < -0.4 is 14.4 Å². The summed E-state index contributed by atoms with van der Waals surface area (Å²) in [7, 11) is -0.827. The van der Waals surface area contributed by atoms with Crippen molar-refractivity contribution in [3.8, 4) is 5.75 Å². The first-order chi connectivity index (χ1) is 13.8. The molecule has 1 heterocycles. The fourth-order valence-corrected chi connectivity index (χ4v) is 4.02. The van der Waals surface area contributed by atoms with E-state index in [1.165, 1.54) is 36.8 Å². The second-order valence-corrected chi connectivity index (χ2v) is 8.31. The molecule has 0 saturated carbocycles. The smallest absolute Gasteiger partial charge is 0.264 e. The van der Waals surface area contributed by atoms with Crippen molar-refractivity contribution in [2.24, 2.45) is 0 Å². The molecule has 8 heteroatoms. The number of nitrogens with one attached hydrogen (secondary N) is 1. The number of hydrogen-bond donors (Lipinski definition) is 1. The number of methoxy groups -OCH3 is 1. The second kappa shape index (κ2) is 8.32. The van der Waals surface area contributed by atoms with Crippen molar-refractivity contribution in [3.05, 3.63) is 78.1 Å². The Hall–Kier alpha value is -3.39. The third kappa shape index (κ3) is 4.38. The molecule has 2 aromatic carbocycles. The molecule has 7 nitrogen and oxygen atoms in total. The van der Waals surface area contributed by atoms with Crippen LogP contribution in [0, 0.1) is 6.92 Å². The molecule has 0 spiro atoms. The first kappa shape index (κ1) is 20.3. The Balaban J connectivity index is 1.91. The molecule has 1 amide bonds. The summed E-state index contributed by atoms with van der Waals surface area (Å²) in [5.41, 5.74) is 2.03. The van der Waals surface area contributed by atoms with Crippen LogP contribution in [0.4, 0.5) is 11.4 Å². The number of hydrogen-bond acceptors (Lipinski definition) is 5. The van der Waals surface area contributed by atoms with Crippen molar-refractivity contribution in [1.29, 1.82) is 0 Å². The molecule has 0 saturated heterocycles. The third-order valence-corrected chi connectivity index (χ3v) is 6.23. The minimum Gasteiger partial charge on any atom is -0.497 e. The maximum absolute atomic E-state index is 13.0. The number of aromatic nitrogens is 1. The van der Waals surface area contributed by atoms with Crippen LogP contribution in [-0.4, -0.2) is 33.5 Å². The van der Waals surface area contributed by atoms with Crippen molar-refractivity contribution in [3.63, 3.8) is 0 Å². The molecule has 1 N–H and O–H groups in total. The number of carbonyl (C=O) groups excluding carboxylic acids is 1. The van der Waals surface area contributed by atoms with Gasteiger partial charge in [-0.15, -0.1) is 0 Å². The van der Waals surface area contributed by atoms with E-state index in [0.717, 1.165) is 5.56 Å². The van der Waals surface area contributed by atoms with E-state index in [1.54, 1.807) is 55.6 Å². The van der Waals surface area contributed by atoms with Crippen LogP contribution in [0.2, 0.25) is 0 Å². The maximum Gasteiger partial charge on any atom is 0.264 e. The lowest BCUT2D eigenvalue weighted by molar-refractivity contribution is 0.102. The number of amides is 1. The molecule has 150 valence electrons. The maximum atomic E-state index is 13.0. The van der Waals surface area contributed by atoms with Crippen LogP contribution in [0.25, 0.3) is 0 Å². The van der Waals surface area contributed by atoms with Gasteiger partial charge in [-0.05, 0) is 61.0 Å². The molecule has 0 aliphatic carbocycles. The molecular weight excluding hydrogens is 390 g/mol. The topological polar surface area (TPSA) is 88.6 Å². The zero-order chi connectivity index (χ0) is 21.0. The lowest BCUT2D eigenvalue weighted by Gasteiger charge is -2.22. The molecule has 0 aliphatic heterocycles. The lowest BCUT2D eigenvalue weighted by Crippen LogP contribution is -2.27. The van der Waals surface area contributed by atoms with Gasteiger partial charge in [0.25, 0.3) is 15.9 Å². The number of pyridine rings is 1. The molecule has 0 radical (unpaired) electrons. The van der Waals surface area contributed by atoms with Gasteiger partial charge in [0.2, 0.25) is 0 Å². The van der Waals surface area contributed by atoms with E-state index in [4.69, 9.17) is 4.74 Å². The molecule has 29 heavy (non-hydrogen) atoms. The van der Waals surface area contributed by atoms with Crippen LogP contribution >= 0.6 is 0 Å². The zero-order valence-corrected chi connectivity index (χ0v) is 17.1. The summed E-state index contributed by atoms with van der Waals surface area (Å²) in [5.74, 6) is 0.214. The number of aryl methyl sites for hydroxylation is 1. The Morgan fingerprint density at radius 2 is 1.83 bits per heavy atom. The Morgan fingerprint density at radius 3 is 2.45 bits per heavy atom. The molecular formula is C21H21N3O4S. The van der Waals surface area contributed by atoms with Gasteiger partial charge in [0.05, 0.1) is 29.6 Å². The average Bonchev–Trinajstić information content (AvgIpc) is 2.74. The van der Waals surface area contributed by atoms with E-state index in [-0.39, 0.29) is 10.8 Å². The number of anilines is 2. The molecule has 0 atom stereocenters. The molecule has 0 fully saturated rings. The van der Waals surface area contributed by atoms with E-state index in [9.17, 15) is 13.2 Å². The lowest BCUT2D eigenvalue weighted by atomic mass is 10.1. The van der Waals surface area contributed by atoms with Gasteiger partial charge in [-0.3, -0.25) is 14.1 Å². The summed E-state index contributed by atoms with van der Waals surface area (Å²) in [6, 6.07) is 14.5. The van der Waals surface area contributed by atoms with Crippen LogP contribution in [0.5, 0.6) is 5.75 Å². The van der Waals surface area contributed by atoms with Crippen LogP contribution in [-0.2, 0) is 10.0 Å². The van der Waals surface area contributed by atoms with Crippen molar-refractivity contribution >= 4 is 27.3 Å². The van der Waals surface area contributed by atoms with Gasteiger partial charge in [-0.25, -0.2) is 8.42 Å². The molecule has 0 aliphatic rings. The van der Waals surface area contributed by atoms with Crippen molar-refractivity contribution in [2.75, 3.05) is 23.8 Å². The Kier molecular flexibility index (Phi) is 5.84. The van der Waals surface area contributed by atoms with E-state index in [1.807, 2.05) is 0 Å². The van der Waals surface area contributed by atoms with Gasteiger partial charge in [0.15, 0.2) is 0 Å². The van der Waals surface area contributed by atoms with Gasteiger partial charge in [0, 0.05) is 18.8 Å². The van der Waals surface area contributed by atoms with Gasteiger partial charge in [-0.1, -0.05) is 6.07 Å². The summed E-state index contributed by atoms with van der Waals surface area (Å²) in [4.78, 5) is 16.7. The van der Waals surface area contributed by atoms with Gasteiger partial charge >= 0.3 is 0 Å². The summed E-state index contributed by atoms with van der Waals surface area (Å²) in [6.07, 6.45) is 3.14. The summed E-state index contributed by atoms with van der Waals surface area (Å²) in [5, 5.41) is 2.74. The number of rotatable bonds is 6. The van der Waals surface area contributed by atoms with Crippen LogP contribution in [0.15, 0.2) is 71.9 Å². The highest BCUT2D eigenvalue weighted by molar-refractivity contribution is 7.92. The molecule has 1 aromatic heterocycles. The van der Waals surface area contributed by atoms with E-state index >= 15 is 0 Å². The highest BCUT2D eigenvalue weighted by Crippen LogP contribution is 2.27. The van der Waals surface area contributed by atoms with Crippen LogP contribution in [0.3, 0.4) is 0 Å². The number of sulfonamides is 1. The Morgan fingerprint density at radius 1 is 1.10 bits per heavy atom. The third-order valence-electron chi connectivity index (χ3n) is 4.45. The number of benzene rings is 2. The largest absolute Gasteiger partial charge is 0.497 e. The fraction of sp³-hybridized carbons (Fsp3) is 0.143. The average molecular weight is 411 g/mol. The normalized spacial score (nSPS) is 11.0. The van der Waals surface area contributed by atoms with Crippen molar-refractivity contribution in [1.82, 2.24) is 4.98 Å². The highest BCUT2D eigenvalue weighted by Gasteiger charge is 2.23. The highest BCUT2D eigenvalue weighted by atomic mass is 32.2. The first-order valence-corrected chi connectivity index (χ1v) is 10.2. The summed E-state index contributed by atoms with van der Waals surface area (Å²) in [6.45, 7) is 1.79. The van der Waals surface area contributed by atoms with E-state index in [0.29, 0.717) is 22.7 Å². The van der Waals surface area contributed by atoms with Gasteiger partial charge in [0.1, 0.15) is 5.75 Å². The van der Waals surface area contributed by atoms with Crippen molar-refractivity contribution < 1.29 is 17.9 Å². The minimum absolute atomic E-state index is 0.130. The standard InChI is InChI=1S/C21H21N3O4S/c1-15-6-7-16(21(25)23-17-5-4-12-22-14-17)13-20(15)24(2)29(26,27)19-10-8-18(28-3)9-11-19/h4-14H,1-3H3,(H,23,25).